The van der Waals surface area contributed by atoms with Crippen molar-refractivity contribution in [3.8, 4) is 27.4 Å². The van der Waals surface area contributed by atoms with Crippen molar-refractivity contribution in [2.24, 2.45) is 0 Å². The Morgan fingerprint density at radius 3 is 2.48 bits per heavy atom. The van der Waals surface area contributed by atoms with Gasteiger partial charge in [-0.3, -0.25) is 4.40 Å². The number of aliphatic hydroxyl groups excluding tert-OH is 1. The van der Waals surface area contributed by atoms with Crippen LogP contribution in [-0.2, 0) is 6.61 Å². The van der Waals surface area contributed by atoms with E-state index in [1.165, 1.54) is 0 Å². The lowest BCUT2D eigenvalue weighted by Gasteiger charge is -2.05. The fourth-order valence-electron chi connectivity index (χ4n) is 2.88. The number of imidazole rings is 1. The number of hydrogen-bond donors (Lipinski definition) is 1. The van der Waals surface area contributed by atoms with Crippen LogP contribution in [0.4, 0.5) is 0 Å². The largest absolute Gasteiger partial charge is 0.494 e. The molecule has 4 nitrogen and oxygen atoms in total. The van der Waals surface area contributed by atoms with E-state index in [-0.39, 0.29) is 6.61 Å². The summed E-state index contributed by atoms with van der Waals surface area (Å²) in [6.45, 7) is 2.55. The Morgan fingerprint density at radius 2 is 1.80 bits per heavy atom. The average Bonchev–Trinajstić information content (AvgIpc) is 3.21. The lowest BCUT2D eigenvalue weighted by molar-refractivity contribution is 0.276. The van der Waals surface area contributed by atoms with Crippen LogP contribution in [0.15, 0.2) is 60.8 Å². The van der Waals surface area contributed by atoms with Gasteiger partial charge in [0.2, 0.25) is 0 Å². The maximum atomic E-state index is 9.90. The minimum atomic E-state index is -0.0608. The van der Waals surface area contributed by atoms with E-state index in [2.05, 4.69) is 12.1 Å². The molecule has 1 N–H and O–H groups in total. The van der Waals surface area contributed by atoms with Gasteiger partial charge in [0.05, 0.1) is 29.5 Å². The smallest absolute Gasteiger partial charge is 0.195 e. The second-order valence-corrected chi connectivity index (χ2v) is 6.65. The summed E-state index contributed by atoms with van der Waals surface area (Å²) < 4.78 is 7.47. The summed E-state index contributed by atoms with van der Waals surface area (Å²) in [6, 6.07) is 18.0. The number of aliphatic hydroxyl groups is 1. The van der Waals surface area contributed by atoms with Gasteiger partial charge < -0.3 is 9.84 Å². The van der Waals surface area contributed by atoms with Gasteiger partial charge in [0.1, 0.15) is 5.75 Å². The second-order valence-electron chi connectivity index (χ2n) is 5.64. The minimum Gasteiger partial charge on any atom is -0.494 e. The molecule has 0 bridgehead atoms. The Kier molecular flexibility index (Phi) is 4.26. The highest BCUT2D eigenvalue weighted by molar-refractivity contribution is 7.20. The fraction of sp³-hybridized carbons (Fsp3) is 0.150. The Bertz CT molecular complexity index is 988. The highest BCUT2D eigenvalue weighted by Gasteiger charge is 2.16. The van der Waals surface area contributed by atoms with Crippen LogP contribution in [0, 0.1) is 0 Å². The molecule has 0 aliphatic rings. The predicted octanol–water partition coefficient (Wildman–Crippen LogP) is 4.62. The lowest BCUT2D eigenvalue weighted by atomic mass is 10.1. The van der Waals surface area contributed by atoms with Crippen molar-refractivity contribution >= 4 is 16.3 Å². The molecule has 0 amide bonds. The zero-order valence-corrected chi connectivity index (χ0v) is 14.7. The number of fused-ring (bicyclic) bond motifs is 1. The van der Waals surface area contributed by atoms with Crippen molar-refractivity contribution in [1.82, 2.24) is 9.38 Å². The van der Waals surface area contributed by atoms with Crippen LogP contribution in [0.5, 0.6) is 5.75 Å². The van der Waals surface area contributed by atoms with Crippen molar-refractivity contribution in [3.05, 3.63) is 66.5 Å². The summed E-state index contributed by atoms with van der Waals surface area (Å²) in [5.41, 5.74) is 3.75. The molecule has 0 radical (unpaired) electrons. The molecule has 0 spiro atoms. The van der Waals surface area contributed by atoms with Crippen molar-refractivity contribution < 1.29 is 9.84 Å². The Hall–Kier alpha value is -2.63. The first kappa shape index (κ1) is 15.9. The monoisotopic (exact) mass is 350 g/mol. The molecule has 4 aromatic rings. The van der Waals surface area contributed by atoms with Gasteiger partial charge in [0.25, 0.3) is 0 Å². The minimum absolute atomic E-state index is 0.0608. The van der Waals surface area contributed by atoms with Crippen LogP contribution in [0.3, 0.4) is 0 Å². The molecule has 0 unspecified atom stereocenters. The second kappa shape index (κ2) is 6.70. The zero-order valence-electron chi connectivity index (χ0n) is 13.8. The van der Waals surface area contributed by atoms with Crippen molar-refractivity contribution in [3.63, 3.8) is 0 Å². The fourth-order valence-corrected chi connectivity index (χ4v) is 3.89. The van der Waals surface area contributed by atoms with Crippen LogP contribution < -0.4 is 4.74 Å². The molecule has 2 heterocycles. The van der Waals surface area contributed by atoms with E-state index in [1.54, 1.807) is 11.3 Å². The molecule has 0 atom stereocenters. The molecule has 4 rings (SSSR count). The topological polar surface area (TPSA) is 46.8 Å². The van der Waals surface area contributed by atoms with Gasteiger partial charge in [0, 0.05) is 11.8 Å². The molecule has 25 heavy (non-hydrogen) atoms. The van der Waals surface area contributed by atoms with E-state index in [4.69, 9.17) is 9.72 Å². The third-order valence-corrected chi connectivity index (χ3v) is 5.10. The molecule has 126 valence electrons. The summed E-state index contributed by atoms with van der Waals surface area (Å²) >= 11 is 1.62. The first-order chi connectivity index (χ1) is 12.3. The summed E-state index contributed by atoms with van der Waals surface area (Å²) in [7, 11) is 0. The van der Waals surface area contributed by atoms with Gasteiger partial charge in [-0.25, -0.2) is 4.98 Å². The van der Waals surface area contributed by atoms with Crippen LogP contribution >= 0.6 is 11.3 Å². The number of nitrogens with zero attached hydrogens (tertiary/aromatic N) is 2. The van der Waals surface area contributed by atoms with Gasteiger partial charge in [-0.05, 0) is 36.8 Å². The van der Waals surface area contributed by atoms with Crippen LogP contribution in [-0.4, -0.2) is 21.1 Å². The van der Waals surface area contributed by atoms with Gasteiger partial charge in [-0.15, -0.1) is 0 Å². The van der Waals surface area contributed by atoms with E-state index >= 15 is 0 Å². The molecule has 2 aromatic heterocycles. The van der Waals surface area contributed by atoms with Gasteiger partial charge in [0.15, 0.2) is 4.96 Å². The number of thiazole rings is 1. The van der Waals surface area contributed by atoms with Gasteiger partial charge in [-0.2, -0.15) is 0 Å². The molecule has 2 aromatic carbocycles. The lowest BCUT2D eigenvalue weighted by Crippen LogP contribution is -1.93. The van der Waals surface area contributed by atoms with Gasteiger partial charge >= 0.3 is 0 Å². The molecule has 5 heteroatoms. The number of hydrogen-bond acceptors (Lipinski definition) is 4. The third kappa shape index (κ3) is 2.92. The average molecular weight is 350 g/mol. The highest BCUT2D eigenvalue weighted by atomic mass is 32.1. The Labute approximate surface area is 150 Å². The van der Waals surface area contributed by atoms with Crippen LogP contribution in [0.2, 0.25) is 0 Å². The molecular weight excluding hydrogens is 332 g/mol. The maximum absolute atomic E-state index is 9.90. The SMILES string of the molecule is CCOc1ccc(-c2nc3sc(-c4ccccc4)cn3c2CO)cc1. The first-order valence-corrected chi connectivity index (χ1v) is 9.02. The molecule has 0 fully saturated rings. The van der Waals surface area contributed by atoms with Gasteiger partial charge in [-0.1, -0.05) is 41.7 Å². The normalized spacial score (nSPS) is 11.1. The summed E-state index contributed by atoms with van der Waals surface area (Å²) in [5, 5.41) is 9.90. The van der Waals surface area contributed by atoms with E-state index < -0.39 is 0 Å². The Morgan fingerprint density at radius 1 is 1.04 bits per heavy atom. The summed E-state index contributed by atoms with van der Waals surface area (Å²) in [4.78, 5) is 6.77. The maximum Gasteiger partial charge on any atom is 0.195 e. The Balaban J connectivity index is 1.76. The summed E-state index contributed by atoms with van der Waals surface area (Å²) in [5.74, 6) is 0.837. The van der Waals surface area contributed by atoms with Crippen LogP contribution in [0.25, 0.3) is 26.7 Å². The molecule has 0 aliphatic carbocycles. The van der Waals surface area contributed by atoms with Crippen molar-refractivity contribution in [1.29, 1.82) is 0 Å². The van der Waals surface area contributed by atoms with E-state index in [9.17, 15) is 5.11 Å². The quantitative estimate of drug-likeness (QED) is 0.571. The molecule has 0 saturated carbocycles. The molecule has 0 aliphatic heterocycles. The molecule has 0 saturated heterocycles. The molecular formula is C20H18N2O2S. The third-order valence-electron chi connectivity index (χ3n) is 4.07. The summed E-state index contributed by atoms with van der Waals surface area (Å²) in [6.07, 6.45) is 2.05. The van der Waals surface area contributed by atoms with Crippen molar-refractivity contribution in [2.75, 3.05) is 6.61 Å². The standard InChI is InChI=1S/C20H18N2O2S/c1-2-24-16-10-8-15(9-11-16)19-17(13-23)22-12-18(25-20(22)21-19)14-6-4-3-5-7-14/h3-12,23H,2,13H2,1H3. The number of rotatable bonds is 5. The zero-order chi connectivity index (χ0) is 17.2. The van der Waals surface area contributed by atoms with Crippen LogP contribution in [0.1, 0.15) is 12.6 Å². The number of ether oxygens (including phenoxy) is 1. The predicted molar refractivity (Wildman–Crippen MR) is 101 cm³/mol. The number of benzene rings is 2. The highest BCUT2D eigenvalue weighted by Crippen LogP contribution is 2.33. The van der Waals surface area contributed by atoms with E-state index in [0.717, 1.165) is 38.1 Å². The van der Waals surface area contributed by atoms with E-state index in [1.807, 2.05) is 60.0 Å². The van der Waals surface area contributed by atoms with Crippen molar-refractivity contribution in [2.45, 2.75) is 13.5 Å². The first-order valence-electron chi connectivity index (χ1n) is 8.20. The number of aromatic nitrogens is 2. The van der Waals surface area contributed by atoms with E-state index in [0.29, 0.717) is 6.61 Å².